The largest absolute Gasteiger partial charge is 0.377 e. The average Bonchev–Trinajstić information content (AvgIpc) is 2.90. The number of pyridine rings is 1. The number of amides is 1. The van der Waals surface area contributed by atoms with E-state index in [-0.39, 0.29) is 11.0 Å². The van der Waals surface area contributed by atoms with E-state index in [1.165, 1.54) is 23.5 Å². The van der Waals surface area contributed by atoms with Gasteiger partial charge in [0.1, 0.15) is 5.69 Å². The SMILES string of the molecule is CC.Cc1ccc(NC(=O)c2ccnc(C(C)(F)F)c2)cc1-c1ccc2c(c1)N1CCOCC1C(C)(C)C2. The number of hydrogen-bond acceptors (Lipinski definition) is 4. The summed E-state index contributed by atoms with van der Waals surface area (Å²) >= 11 is 0. The van der Waals surface area contributed by atoms with Crippen molar-refractivity contribution in [3.63, 3.8) is 0 Å². The first-order valence-corrected chi connectivity index (χ1v) is 13.3. The molecule has 2 aromatic carbocycles. The first-order chi connectivity index (χ1) is 18.0. The maximum atomic E-state index is 13.7. The number of nitrogens with one attached hydrogen (secondary N) is 1. The number of aromatic nitrogens is 1. The summed E-state index contributed by atoms with van der Waals surface area (Å²) in [5.74, 6) is -3.57. The zero-order valence-electron chi connectivity index (χ0n) is 23.1. The number of morpholine rings is 1. The Morgan fingerprint density at radius 3 is 2.63 bits per heavy atom. The number of fused-ring (bicyclic) bond motifs is 3. The van der Waals surface area contributed by atoms with Gasteiger partial charge in [-0.25, -0.2) is 0 Å². The van der Waals surface area contributed by atoms with Crippen LogP contribution in [0.5, 0.6) is 0 Å². The fourth-order valence-electron chi connectivity index (χ4n) is 5.32. The number of rotatable bonds is 4. The van der Waals surface area contributed by atoms with Gasteiger partial charge >= 0.3 is 0 Å². The molecule has 1 saturated heterocycles. The van der Waals surface area contributed by atoms with E-state index in [4.69, 9.17) is 4.74 Å². The monoisotopic (exact) mass is 521 g/mol. The first-order valence-electron chi connectivity index (χ1n) is 13.3. The molecule has 3 heterocycles. The van der Waals surface area contributed by atoms with Crippen molar-refractivity contribution in [3.05, 3.63) is 77.1 Å². The highest BCUT2D eigenvalue weighted by Crippen LogP contribution is 2.44. The molecule has 3 aromatic rings. The van der Waals surface area contributed by atoms with Gasteiger partial charge in [-0.15, -0.1) is 0 Å². The van der Waals surface area contributed by atoms with Crippen molar-refractivity contribution >= 4 is 17.3 Å². The van der Waals surface area contributed by atoms with Crippen LogP contribution < -0.4 is 10.2 Å². The van der Waals surface area contributed by atoms with Gasteiger partial charge in [0.05, 0.1) is 19.3 Å². The average molecular weight is 522 g/mol. The van der Waals surface area contributed by atoms with E-state index < -0.39 is 17.5 Å². The van der Waals surface area contributed by atoms with E-state index in [1.807, 2.05) is 39.0 Å². The molecule has 2 aliphatic rings. The van der Waals surface area contributed by atoms with Crippen LogP contribution in [0.3, 0.4) is 0 Å². The molecule has 1 N–H and O–H groups in total. The number of carbonyl (C=O) groups is 1. The van der Waals surface area contributed by atoms with Crippen LogP contribution in [0.25, 0.3) is 11.1 Å². The maximum Gasteiger partial charge on any atom is 0.286 e. The van der Waals surface area contributed by atoms with Crippen molar-refractivity contribution in [1.82, 2.24) is 4.98 Å². The molecular formula is C31H37F2N3O2. The Kier molecular flexibility index (Phi) is 7.88. The van der Waals surface area contributed by atoms with Crippen LogP contribution in [0.4, 0.5) is 20.2 Å². The van der Waals surface area contributed by atoms with Crippen LogP contribution in [-0.4, -0.2) is 36.7 Å². The van der Waals surface area contributed by atoms with Gasteiger partial charge in [-0.2, -0.15) is 8.78 Å². The third kappa shape index (κ3) is 5.58. The van der Waals surface area contributed by atoms with Gasteiger partial charge in [0, 0.05) is 36.6 Å². The number of aryl methyl sites for hydroxylation is 1. The van der Waals surface area contributed by atoms with Crippen molar-refractivity contribution in [3.8, 4) is 11.1 Å². The summed E-state index contributed by atoms with van der Waals surface area (Å²) in [5, 5.41) is 2.85. The molecule has 0 spiro atoms. The highest BCUT2D eigenvalue weighted by molar-refractivity contribution is 6.04. The minimum Gasteiger partial charge on any atom is -0.377 e. The van der Waals surface area contributed by atoms with E-state index in [1.54, 1.807) is 0 Å². The van der Waals surface area contributed by atoms with E-state index in [9.17, 15) is 13.6 Å². The van der Waals surface area contributed by atoms with Gasteiger partial charge in [-0.1, -0.05) is 45.9 Å². The van der Waals surface area contributed by atoms with Crippen LogP contribution >= 0.6 is 0 Å². The Bertz CT molecular complexity index is 1320. The van der Waals surface area contributed by atoms with E-state index in [0.717, 1.165) is 55.9 Å². The van der Waals surface area contributed by atoms with E-state index in [2.05, 4.69) is 47.2 Å². The second-order valence-electron chi connectivity index (χ2n) is 10.6. The van der Waals surface area contributed by atoms with Crippen LogP contribution in [0.2, 0.25) is 0 Å². The number of carbonyl (C=O) groups excluding carboxylic acids is 1. The predicted octanol–water partition coefficient (Wildman–Crippen LogP) is 7.23. The fraction of sp³-hybridized carbons (Fsp3) is 0.419. The number of hydrogen-bond donors (Lipinski definition) is 1. The summed E-state index contributed by atoms with van der Waals surface area (Å²) in [4.78, 5) is 19.0. The molecule has 1 aromatic heterocycles. The van der Waals surface area contributed by atoms with Gasteiger partial charge in [0.25, 0.3) is 11.8 Å². The smallest absolute Gasteiger partial charge is 0.286 e. The zero-order valence-corrected chi connectivity index (χ0v) is 23.1. The molecule has 202 valence electrons. The molecule has 0 saturated carbocycles. The van der Waals surface area contributed by atoms with Crippen molar-refractivity contribution in [2.75, 3.05) is 30.0 Å². The first kappa shape index (κ1) is 27.7. The molecule has 1 atom stereocenters. The number of halogens is 2. The summed E-state index contributed by atoms with van der Waals surface area (Å²) in [6, 6.07) is 15.2. The Morgan fingerprint density at radius 1 is 1.13 bits per heavy atom. The summed E-state index contributed by atoms with van der Waals surface area (Å²) in [7, 11) is 0. The van der Waals surface area contributed by atoms with Crippen LogP contribution in [0, 0.1) is 12.3 Å². The minimum atomic E-state index is -3.12. The van der Waals surface area contributed by atoms with E-state index in [0.29, 0.717) is 11.7 Å². The number of benzene rings is 2. The highest BCUT2D eigenvalue weighted by Gasteiger charge is 2.41. The van der Waals surface area contributed by atoms with Crippen LogP contribution in [-0.2, 0) is 17.1 Å². The topological polar surface area (TPSA) is 54.5 Å². The lowest BCUT2D eigenvalue weighted by Crippen LogP contribution is -2.56. The second-order valence-corrected chi connectivity index (χ2v) is 10.6. The molecule has 38 heavy (non-hydrogen) atoms. The standard InChI is InChI=1S/C29H31F2N3O2.C2H6/c1-18-5-8-22(33-27(35)20-9-10-32-25(14-20)29(4,30)31)15-23(18)19-6-7-21-16-28(2,3)26-17-36-12-11-34(26)24(21)13-19;1-2/h5-10,13-15,26H,11-12,16-17H2,1-4H3,(H,33,35);1-2H3. The lowest BCUT2D eigenvalue weighted by molar-refractivity contribution is 0.0127. The lowest BCUT2D eigenvalue weighted by Gasteiger charge is -2.50. The molecule has 1 amide bonds. The molecule has 0 bridgehead atoms. The number of alkyl halides is 2. The molecular weight excluding hydrogens is 484 g/mol. The maximum absolute atomic E-state index is 13.7. The van der Waals surface area contributed by atoms with Crippen LogP contribution in [0.15, 0.2) is 54.7 Å². The Labute approximate surface area is 224 Å². The number of ether oxygens (including phenoxy) is 1. The quantitative estimate of drug-likeness (QED) is 0.393. The Balaban J connectivity index is 0.00000164. The number of anilines is 2. The van der Waals surface area contributed by atoms with Crippen molar-refractivity contribution in [2.24, 2.45) is 5.41 Å². The van der Waals surface area contributed by atoms with Gasteiger partial charge in [-0.3, -0.25) is 9.78 Å². The minimum absolute atomic E-state index is 0.129. The van der Waals surface area contributed by atoms with Gasteiger partial charge < -0.3 is 15.0 Å². The summed E-state index contributed by atoms with van der Waals surface area (Å²) in [5.41, 5.74) is 6.19. The van der Waals surface area contributed by atoms with Crippen molar-refractivity contribution < 1.29 is 18.3 Å². The molecule has 0 radical (unpaired) electrons. The Morgan fingerprint density at radius 2 is 1.89 bits per heavy atom. The van der Waals surface area contributed by atoms with Gasteiger partial charge in [0.2, 0.25) is 0 Å². The third-order valence-corrected chi connectivity index (χ3v) is 7.35. The molecule has 5 rings (SSSR count). The van der Waals surface area contributed by atoms with Gasteiger partial charge in [-0.05, 0) is 71.3 Å². The Hall–Kier alpha value is -3.32. The molecule has 1 fully saturated rings. The molecule has 0 aliphatic carbocycles. The number of nitrogens with zero attached hydrogens (tertiary/aromatic N) is 2. The molecule has 5 nitrogen and oxygen atoms in total. The second kappa shape index (κ2) is 10.8. The van der Waals surface area contributed by atoms with Crippen LogP contribution in [0.1, 0.15) is 61.8 Å². The third-order valence-electron chi connectivity index (χ3n) is 7.35. The van der Waals surface area contributed by atoms with E-state index >= 15 is 0 Å². The summed E-state index contributed by atoms with van der Waals surface area (Å²) in [6.45, 7) is 13.7. The van der Waals surface area contributed by atoms with Crippen molar-refractivity contribution in [1.29, 1.82) is 0 Å². The molecule has 2 aliphatic heterocycles. The predicted molar refractivity (Wildman–Crippen MR) is 149 cm³/mol. The molecule has 7 heteroatoms. The molecule has 1 unspecified atom stereocenters. The summed E-state index contributed by atoms with van der Waals surface area (Å²) < 4.78 is 33.2. The summed E-state index contributed by atoms with van der Waals surface area (Å²) in [6.07, 6.45) is 2.22. The fourth-order valence-corrected chi connectivity index (χ4v) is 5.32. The van der Waals surface area contributed by atoms with Gasteiger partial charge in [0.15, 0.2) is 0 Å². The normalized spacial score (nSPS) is 18.0. The van der Waals surface area contributed by atoms with Crippen molar-refractivity contribution in [2.45, 2.75) is 59.9 Å². The zero-order chi connectivity index (χ0) is 27.7. The highest BCUT2D eigenvalue weighted by atomic mass is 19.3. The lowest BCUT2D eigenvalue weighted by atomic mass is 9.74.